The molecule has 0 saturated heterocycles. The van der Waals surface area contributed by atoms with Crippen molar-refractivity contribution in [3.63, 3.8) is 0 Å². The predicted molar refractivity (Wildman–Crippen MR) is 92.5 cm³/mol. The van der Waals surface area contributed by atoms with Gasteiger partial charge in [-0.15, -0.1) is 0 Å². The largest absolute Gasteiger partial charge is 0.487 e. The topological polar surface area (TPSA) is 21.3 Å². The van der Waals surface area contributed by atoms with Crippen LogP contribution in [0.15, 0.2) is 18.2 Å². The summed E-state index contributed by atoms with van der Waals surface area (Å²) in [5, 5.41) is 3.82. The van der Waals surface area contributed by atoms with E-state index in [0.29, 0.717) is 12.0 Å². The van der Waals surface area contributed by atoms with E-state index in [-0.39, 0.29) is 5.60 Å². The molecule has 1 N–H and O–H groups in total. The number of benzene rings is 1. The van der Waals surface area contributed by atoms with Crippen LogP contribution >= 0.6 is 0 Å². The van der Waals surface area contributed by atoms with Crippen molar-refractivity contribution in [3.05, 3.63) is 29.3 Å². The van der Waals surface area contributed by atoms with Gasteiger partial charge in [0.25, 0.3) is 0 Å². The molecule has 2 aliphatic rings. The van der Waals surface area contributed by atoms with Crippen molar-refractivity contribution in [2.75, 3.05) is 6.54 Å². The fourth-order valence-electron chi connectivity index (χ4n) is 4.00. The Morgan fingerprint density at radius 1 is 1.23 bits per heavy atom. The maximum absolute atomic E-state index is 6.56. The van der Waals surface area contributed by atoms with Crippen LogP contribution in [0.4, 0.5) is 0 Å². The summed E-state index contributed by atoms with van der Waals surface area (Å²) >= 11 is 0. The predicted octanol–water partition coefficient (Wildman–Crippen LogP) is 5.02. The van der Waals surface area contributed by atoms with E-state index in [4.69, 9.17) is 4.74 Å². The molecule has 1 aliphatic heterocycles. The van der Waals surface area contributed by atoms with Gasteiger partial charge in [0.15, 0.2) is 0 Å². The van der Waals surface area contributed by atoms with Gasteiger partial charge in [-0.1, -0.05) is 39.3 Å². The number of hydrogen-bond acceptors (Lipinski definition) is 2. The van der Waals surface area contributed by atoms with Crippen LogP contribution < -0.4 is 10.1 Å². The Morgan fingerprint density at radius 3 is 2.68 bits per heavy atom. The maximum Gasteiger partial charge on any atom is 0.124 e. The molecule has 0 aromatic heterocycles. The number of fused-ring (bicyclic) bond motifs is 1. The lowest BCUT2D eigenvalue weighted by Crippen LogP contribution is -2.46. The first-order valence-electron chi connectivity index (χ1n) is 9.17. The lowest BCUT2D eigenvalue weighted by molar-refractivity contribution is -0.00300. The zero-order valence-corrected chi connectivity index (χ0v) is 14.5. The molecule has 22 heavy (non-hydrogen) atoms. The molecule has 1 saturated carbocycles. The van der Waals surface area contributed by atoms with Crippen molar-refractivity contribution in [2.24, 2.45) is 5.92 Å². The van der Waals surface area contributed by atoms with Gasteiger partial charge in [0.05, 0.1) is 0 Å². The molecule has 1 unspecified atom stereocenters. The third-order valence-electron chi connectivity index (χ3n) is 5.30. The van der Waals surface area contributed by atoms with Crippen molar-refractivity contribution in [1.29, 1.82) is 0 Å². The molecule has 1 atom stereocenters. The van der Waals surface area contributed by atoms with Gasteiger partial charge in [-0.2, -0.15) is 0 Å². The monoisotopic (exact) mass is 301 g/mol. The minimum absolute atomic E-state index is 0.0909. The SMILES string of the molecule is CCc1ccc2c(c1)C(NCC(C)C)CC1(CCCCC1)O2. The van der Waals surface area contributed by atoms with Crippen LogP contribution in [-0.2, 0) is 6.42 Å². The van der Waals surface area contributed by atoms with Gasteiger partial charge < -0.3 is 10.1 Å². The normalized spacial score (nSPS) is 23.4. The second-order valence-corrected chi connectivity index (χ2v) is 7.63. The average Bonchev–Trinajstić information content (AvgIpc) is 2.53. The van der Waals surface area contributed by atoms with E-state index in [9.17, 15) is 0 Å². The lowest BCUT2D eigenvalue weighted by atomic mass is 9.76. The summed E-state index contributed by atoms with van der Waals surface area (Å²) in [5.41, 5.74) is 2.89. The van der Waals surface area contributed by atoms with Crippen molar-refractivity contribution < 1.29 is 4.74 Å². The molecule has 122 valence electrons. The second kappa shape index (κ2) is 6.62. The van der Waals surface area contributed by atoms with Gasteiger partial charge in [0, 0.05) is 18.0 Å². The third kappa shape index (κ3) is 3.32. The van der Waals surface area contributed by atoms with E-state index >= 15 is 0 Å². The summed E-state index contributed by atoms with van der Waals surface area (Å²) in [6, 6.07) is 7.27. The van der Waals surface area contributed by atoms with E-state index in [1.54, 1.807) is 0 Å². The highest BCUT2D eigenvalue weighted by molar-refractivity contribution is 5.42. The number of rotatable bonds is 4. The van der Waals surface area contributed by atoms with Gasteiger partial charge in [-0.05, 0) is 56.2 Å². The molecule has 1 aromatic rings. The molecule has 0 radical (unpaired) electrons. The number of nitrogens with one attached hydrogen (secondary N) is 1. The maximum atomic E-state index is 6.56. The smallest absolute Gasteiger partial charge is 0.124 e. The molecular weight excluding hydrogens is 270 g/mol. The van der Waals surface area contributed by atoms with Crippen LogP contribution in [-0.4, -0.2) is 12.1 Å². The standard InChI is InChI=1S/C20H31NO/c1-4-16-8-9-19-17(12-16)18(21-14-15(2)3)13-20(22-19)10-6-5-7-11-20/h8-9,12,15,18,21H,4-7,10-11,13-14H2,1-3H3. The number of hydrogen-bond donors (Lipinski definition) is 1. The first-order chi connectivity index (χ1) is 10.6. The summed E-state index contributed by atoms with van der Waals surface area (Å²) in [5.74, 6) is 1.81. The molecule has 2 heteroatoms. The van der Waals surface area contributed by atoms with Crippen molar-refractivity contribution in [1.82, 2.24) is 5.32 Å². The van der Waals surface area contributed by atoms with Crippen molar-refractivity contribution >= 4 is 0 Å². The minimum Gasteiger partial charge on any atom is -0.487 e. The molecule has 3 rings (SSSR count). The summed E-state index contributed by atoms with van der Waals surface area (Å²) in [7, 11) is 0. The van der Waals surface area contributed by atoms with E-state index in [0.717, 1.165) is 25.1 Å². The van der Waals surface area contributed by atoms with Crippen LogP contribution in [0.25, 0.3) is 0 Å². The lowest BCUT2D eigenvalue weighted by Gasteiger charge is -2.45. The Morgan fingerprint density at radius 2 is 2.00 bits per heavy atom. The van der Waals surface area contributed by atoms with E-state index < -0.39 is 0 Å². The molecule has 1 fully saturated rings. The van der Waals surface area contributed by atoms with Crippen LogP contribution in [0.3, 0.4) is 0 Å². The van der Waals surface area contributed by atoms with Crippen LogP contribution in [0.1, 0.15) is 76.5 Å². The molecule has 0 bridgehead atoms. The Kier molecular flexibility index (Phi) is 4.77. The van der Waals surface area contributed by atoms with Gasteiger partial charge >= 0.3 is 0 Å². The van der Waals surface area contributed by atoms with E-state index in [1.165, 1.54) is 43.2 Å². The average molecular weight is 301 g/mol. The van der Waals surface area contributed by atoms with E-state index in [1.807, 2.05) is 0 Å². The Bertz CT molecular complexity index is 502. The van der Waals surface area contributed by atoms with Gasteiger partial charge in [0.1, 0.15) is 11.4 Å². The van der Waals surface area contributed by atoms with E-state index in [2.05, 4.69) is 44.3 Å². The summed E-state index contributed by atoms with van der Waals surface area (Å²) in [6.45, 7) is 7.87. The van der Waals surface area contributed by atoms with Crippen LogP contribution in [0, 0.1) is 5.92 Å². The first-order valence-corrected chi connectivity index (χ1v) is 9.17. The summed E-state index contributed by atoms with van der Waals surface area (Å²) in [4.78, 5) is 0. The van der Waals surface area contributed by atoms with Crippen LogP contribution in [0.5, 0.6) is 5.75 Å². The molecule has 1 aromatic carbocycles. The molecule has 1 spiro atoms. The number of aryl methyl sites for hydroxylation is 1. The highest BCUT2D eigenvalue weighted by Gasteiger charge is 2.41. The Balaban J connectivity index is 1.88. The minimum atomic E-state index is 0.0909. The third-order valence-corrected chi connectivity index (χ3v) is 5.30. The highest BCUT2D eigenvalue weighted by Crippen LogP contribution is 2.46. The van der Waals surface area contributed by atoms with Crippen LogP contribution in [0.2, 0.25) is 0 Å². The summed E-state index contributed by atoms with van der Waals surface area (Å²) in [6.07, 6.45) is 8.69. The molecule has 1 heterocycles. The van der Waals surface area contributed by atoms with Gasteiger partial charge in [0.2, 0.25) is 0 Å². The number of ether oxygens (including phenoxy) is 1. The quantitative estimate of drug-likeness (QED) is 0.843. The zero-order valence-electron chi connectivity index (χ0n) is 14.5. The molecule has 2 nitrogen and oxygen atoms in total. The van der Waals surface area contributed by atoms with Crippen molar-refractivity contribution in [3.8, 4) is 5.75 Å². The Labute approximate surface area is 135 Å². The fraction of sp³-hybridized carbons (Fsp3) is 0.700. The molecular formula is C20H31NO. The first kappa shape index (κ1) is 15.9. The highest BCUT2D eigenvalue weighted by atomic mass is 16.5. The molecule has 0 amide bonds. The fourth-order valence-corrected chi connectivity index (χ4v) is 4.00. The second-order valence-electron chi connectivity index (χ2n) is 7.63. The Hall–Kier alpha value is -1.02. The van der Waals surface area contributed by atoms with Crippen molar-refractivity contribution in [2.45, 2.75) is 77.4 Å². The molecule has 1 aliphatic carbocycles. The van der Waals surface area contributed by atoms with Gasteiger partial charge in [-0.25, -0.2) is 0 Å². The summed E-state index contributed by atoms with van der Waals surface area (Å²) < 4.78 is 6.56. The van der Waals surface area contributed by atoms with Gasteiger partial charge in [-0.3, -0.25) is 0 Å². The zero-order chi connectivity index (χ0) is 15.6.